The van der Waals surface area contributed by atoms with Gasteiger partial charge in [-0.25, -0.2) is 14.4 Å². The van der Waals surface area contributed by atoms with Gasteiger partial charge in [0.05, 0.1) is 24.7 Å². The number of piperidine rings is 2. The zero-order valence-corrected chi connectivity index (χ0v) is 30.0. The predicted molar refractivity (Wildman–Crippen MR) is 193 cm³/mol. The van der Waals surface area contributed by atoms with E-state index in [4.69, 9.17) is 15.1 Å². The molecule has 2 aliphatic heterocycles. The number of nitrogens with zero attached hydrogens (tertiary/aromatic N) is 5. The first-order chi connectivity index (χ1) is 24.4. The Hall–Kier alpha value is -3.37. The van der Waals surface area contributed by atoms with E-state index in [1.165, 1.54) is 50.2 Å². The number of carboxylic acids is 1. The number of fused-ring (bicyclic) bond motifs is 3. The van der Waals surface area contributed by atoms with Crippen LogP contribution in [-0.2, 0) is 30.7 Å². The van der Waals surface area contributed by atoms with E-state index in [9.17, 15) is 14.3 Å². The molecule has 270 valence electrons. The van der Waals surface area contributed by atoms with Crippen LogP contribution in [0.25, 0.3) is 0 Å². The molecule has 2 bridgehead atoms. The standard InChI is InChI=1S/C40H56FN7O2/c1-3-35(26-14-16-27(17-15-26)40(49)50)42-23-38-44-36-19-18-29(28-8-5-9-31(41)20-28)21-34(36)39(46-38)45-37(30-22-43-47(4-2)24-30)25-48-32-10-6-11-33(48)13-7-12-32/h5,8-9,20,22,24,26-27,29,32-33,35,37,42H,3-4,6-7,10-19,21,23,25H2,1-2H3,(H,49,50)(H,44,45,46)/t26?,27?,29-,32?,33?,35+,37-/m0/s1. The molecule has 3 N–H and O–H groups in total. The van der Waals surface area contributed by atoms with Gasteiger partial charge in [-0.15, -0.1) is 0 Å². The number of hydrogen-bond donors (Lipinski definition) is 3. The number of carboxylic acid groups (broad SMARTS) is 1. The van der Waals surface area contributed by atoms with Crippen LogP contribution in [0.5, 0.6) is 0 Å². The minimum absolute atomic E-state index is 0.0265. The molecule has 1 aromatic carbocycles. The minimum Gasteiger partial charge on any atom is -0.481 e. The van der Waals surface area contributed by atoms with Crippen LogP contribution in [0.15, 0.2) is 36.7 Å². The van der Waals surface area contributed by atoms with Crippen molar-refractivity contribution in [2.75, 3.05) is 11.9 Å². The summed E-state index contributed by atoms with van der Waals surface area (Å²) in [6.45, 7) is 6.66. The lowest BCUT2D eigenvalue weighted by Gasteiger charge is -2.47. The smallest absolute Gasteiger partial charge is 0.306 e. The molecule has 3 fully saturated rings. The van der Waals surface area contributed by atoms with Gasteiger partial charge in [0.2, 0.25) is 0 Å². The SMILES string of the molecule is CC[C@@H](NCc1nc2c(c(N[C@@H](CN3C4CCCC3CCC4)c3cnn(CC)c3)n1)C[C@@H](c1cccc(F)c1)CC2)C1CCC(C(=O)O)CC1. The quantitative estimate of drug-likeness (QED) is 0.171. The van der Waals surface area contributed by atoms with Crippen molar-refractivity contribution >= 4 is 11.8 Å². The van der Waals surface area contributed by atoms with Crippen LogP contribution < -0.4 is 10.6 Å². The van der Waals surface area contributed by atoms with Gasteiger partial charge in [0, 0.05) is 54.2 Å². The second-order valence-electron chi connectivity index (χ2n) is 15.4. The summed E-state index contributed by atoms with van der Waals surface area (Å²) >= 11 is 0. The maximum atomic E-state index is 14.3. The largest absolute Gasteiger partial charge is 0.481 e. The molecule has 0 spiro atoms. The van der Waals surface area contributed by atoms with Crippen molar-refractivity contribution in [2.45, 2.75) is 147 Å². The van der Waals surface area contributed by atoms with E-state index in [0.717, 1.165) is 92.9 Å². The van der Waals surface area contributed by atoms with E-state index in [0.29, 0.717) is 30.6 Å². The van der Waals surface area contributed by atoms with Gasteiger partial charge in [-0.2, -0.15) is 5.10 Å². The summed E-state index contributed by atoms with van der Waals surface area (Å²) in [5, 5.41) is 22.0. The number of benzene rings is 1. The highest BCUT2D eigenvalue weighted by atomic mass is 19.1. The molecule has 0 amide bonds. The van der Waals surface area contributed by atoms with Gasteiger partial charge in [0.25, 0.3) is 0 Å². The van der Waals surface area contributed by atoms with Gasteiger partial charge < -0.3 is 15.7 Å². The maximum absolute atomic E-state index is 14.3. The van der Waals surface area contributed by atoms with Gasteiger partial charge in [0.1, 0.15) is 17.5 Å². The third kappa shape index (κ3) is 7.91. The van der Waals surface area contributed by atoms with Crippen molar-refractivity contribution in [3.8, 4) is 0 Å². The first-order valence-corrected chi connectivity index (χ1v) is 19.5. The Morgan fingerprint density at radius 2 is 1.78 bits per heavy atom. The van der Waals surface area contributed by atoms with Gasteiger partial charge >= 0.3 is 5.97 Å². The Labute approximate surface area is 296 Å². The molecule has 3 atom stereocenters. The Balaban J connectivity index is 1.17. The van der Waals surface area contributed by atoms with Crippen LogP contribution in [0.2, 0.25) is 0 Å². The molecule has 7 rings (SSSR count). The molecular formula is C40H56FN7O2. The third-order valence-electron chi connectivity index (χ3n) is 12.5. The average Bonchev–Trinajstić information content (AvgIpc) is 3.61. The summed E-state index contributed by atoms with van der Waals surface area (Å²) in [5.74, 6) is 1.31. The lowest BCUT2D eigenvalue weighted by Crippen LogP contribution is -2.51. The second-order valence-corrected chi connectivity index (χ2v) is 15.4. The van der Waals surface area contributed by atoms with Crippen molar-refractivity contribution < 1.29 is 14.3 Å². The van der Waals surface area contributed by atoms with Crippen molar-refractivity contribution in [3.63, 3.8) is 0 Å². The van der Waals surface area contributed by atoms with E-state index in [1.54, 1.807) is 6.07 Å². The fraction of sp³-hybridized carbons (Fsp3) is 0.650. The van der Waals surface area contributed by atoms with Gasteiger partial charge in [-0.05, 0) is 114 Å². The number of hydrogen-bond acceptors (Lipinski definition) is 7. The van der Waals surface area contributed by atoms with E-state index in [1.807, 2.05) is 16.9 Å². The fourth-order valence-electron chi connectivity index (χ4n) is 9.61. The van der Waals surface area contributed by atoms with Crippen molar-refractivity contribution in [1.29, 1.82) is 0 Å². The fourth-order valence-corrected chi connectivity index (χ4v) is 9.61. The molecular weight excluding hydrogens is 629 g/mol. The Morgan fingerprint density at radius 1 is 1.02 bits per heavy atom. The topological polar surface area (TPSA) is 108 Å². The molecule has 2 saturated heterocycles. The normalized spacial score (nSPS) is 26.6. The second kappa shape index (κ2) is 15.9. The van der Waals surface area contributed by atoms with E-state index in [2.05, 4.69) is 41.6 Å². The number of aliphatic carboxylic acids is 1. The highest BCUT2D eigenvalue weighted by Crippen LogP contribution is 2.39. The summed E-state index contributed by atoms with van der Waals surface area (Å²) in [7, 11) is 0. The molecule has 4 heterocycles. The lowest BCUT2D eigenvalue weighted by molar-refractivity contribution is -0.143. The number of rotatable bonds is 13. The van der Waals surface area contributed by atoms with Crippen LogP contribution in [0, 0.1) is 17.7 Å². The maximum Gasteiger partial charge on any atom is 0.306 e. The number of aryl methyl sites for hydroxylation is 2. The zero-order valence-electron chi connectivity index (χ0n) is 30.0. The molecule has 10 heteroatoms. The molecule has 1 saturated carbocycles. The first kappa shape index (κ1) is 35.1. The van der Waals surface area contributed by atoms with Crippen LogP contribution >= 0.6 is 0 Å². The van der Waals surface area contributed by atoms with Gasteiger partial charge in [0.15, 0.2) is 0 Å². The molecule has 50 heavy (non-hydrogen) atoms. The molecule has 9 nitrogen and oxygen atoms in total. The lowest BCUT2D eigenvalue weighted by atomic mass is 9.78. The van der Waals surface area contributed by atoms with Crippen LogP contribution in [0.4, 0.5) is 10.2 Å². The summed E-state index contributed by atoms with van der Waals surface area (Å²) < 4.78 is 16.4. The number of halogens is 1. The highest BCUT2D eigenvalue weighted by Gasteiger charge is 2.36. The summed E-state index contributed by atoms with van der Waals surface area (Å²) in [5.41, 5.74) is 4.47. The molecule has 2 aliphatic carbocycles. The van der Waals surface area contributed by atoms with E-state index >= 15 is 0 Å². The molecule has 2 aromatic heterocycles. The minimum atomic E-state index is -0.657. The zero-order chi connectivity index (χ0) is 34.6. The first-order valence-electron chi connectivity index (χ1n) is 19.5. The summed E-state index contributed by atoms with van der Waals surface area (Å²) in [6, 6.07) is 8.68. The summed E-state index contributed by atoms with van der Waals surface area (Å²) in [4.78, 5) is 24.8. The Bertz CT molecular complexity index is 1580. The van der Waals surface area contributed by atoms with Crippen LogP contribution in [0.1, 0.15) is 131 Å². The van der Waals surface area contributed by atoms with Crippen molar-refractivity contribution in [1.82, 2.24) is 30.0 Å². The number of aromatic nitrogens is 4. The number of carbonyl (C=O) groups is 1. The Kier molecular flexibility index (Phi) is 11.1. The van der Waals surface area contributed by atoms with Crippen molar-refractivity contribution in [3.05, 3.63) is 70.7 Å². The Morgan fingerprint density at radius 3 is 2.44 bits per heavy atom. The number of nitrogens with one attached hydrogen (secondary N) is 2. The van der Waals surface area contributed by atoms with E-state index < -0.39 is 5.97 Å². The molecule has 4 aliphatic rings. The van der Waals surface area contributed by atoms with Gasteiger partial charge in [-0.1, -0.05) is 31.9 Å². The number of anilines is 1. The third-order valence-corrected chi connectivity index (χ3v) is 12.5. The van der Waals surface area contributed by atoms with Crippen LogP contribution in [-0.4, -0.2) is 60.4 Å². The average molecular weight is 686 g/mol. The predicted octanol–water partition coefficient (Wildman–Crippen LogP) is 7.42. The molecule has 3 aromatic rings. The monoisotopic (exact) mass is 685 g/mol. The van der Waals surface area contributed by atoms with Gasteiger partial charge in [-0.3, -0.25) is 14.4 Å². The van der Waals surface area contributed by atoms with E-state index in [-0.39, 0.29) is 23.7 Å². The van der Waals surface area contributed by atoms with Crippen molar-refractivity contribution in [2.24, 2.45) is 11.8 Å². The molecule has 0 radical (unpaired) electrons. The highest BCUT2D eigenvalue weighted by molar-refractivity contribution is 5.70. The summed E-state index contributed by atoms with van der Waals surface area (Å²) in [6.07, 6.45) is 18.9. The van der Waals surface area contributed by atoms with Crippen LogP contribution in [0.3, 0.4) is 0 Å². The molecule has 0 unspecified atom stereocenters.